The smallest absolute Gasteiger partial charge is 0.257 e. The standard InChI is InChI=1S/C15H22N2O3/c1-19-8-2-7-17-15(18)10-20-12-4-5-13-11(9-12)3-6-14(13)16/h4-5,9,14H,2-3,6-8,10,16H2,1H3,(H,17,18)/t14-/m0/s1. The molecule has 20 heavy (non-hydrogen) atoms. The molecule has 1 amide bonds. The fraction of sp³-hybridized carbons (Fsp3) is 0.533. The molecule has 5 heteroatoms. The monoisotopic (exact) mass is 278 g/mol. The molecule has 1 aliphatic rings. The van der Waals surface area contributed by atoms with Crippen LogP contribution in [0.15, 0.2) is 18.2 Å². The Morgan fingerprint density at radius 2 is 2.35 bits per heavy atom. The average molecular weight is 278 g/mol. The van der Waals surface area contributed by atoms with E-state index in [0.29, 0.717) is 13.2 Å². The molecule has 3 N–H and O–H groups in total. The molecule has 0 aromatic heterocycles. The highest BCUT2D eigenvalue weighted by Crippen LogP contribution is 2.31. The number of hydrogen-bond donors (Lipinski definition) is 2. The third-order valence-corrected chi connectivity index (χ3v) is 3.46. The normalized spacial score (nSPS) is 16.8. The summed E-state index contributed by atoms with van der Waals surface area (Å²) in [6, 6.07) is 6.00. The summed E-state index contributed by atoms with van der Waals surface area (Å²) in [4.78, 5) is 11.6. The first kappa shape index (κ1) is 14.8. The second kappa shape index (κ2) is 7.26. The Morgan fingerprint density at radius 1 is 1.50 bits per heavy atom. The lowest BCUT2D eigenvalue weighted by Gasteiger charge is -2.09. The topological polar surface area (TPSA) is 73.6 Å². The molecule has 0 fully saturated rings. The number of carbonyl (C=O) groups excluding carboxylic acids is 1. The van der Waals surface area contributed by atoms with Gasteiger partial charge in [0.05, 0.1) is 0 Å². The van der Waals surface area contributed by atoms with E-state index in [1.54, 1.807) is 7.11 Å². The van der Waals surface area contributed by atoms with E-state index in [1.165, 1.54) is 11.1 Å². The van der Waals surface area contributed by atoms with Crippen LogP contribution in [0.3, 0.4) is 0 Å². The van der Waals surface area contributed by atoms with Crippen molar-refractivity contribution in [2.24, 2.45) is 5.73 Å². The van der Waals surface area contributed by atoms with Crippen molar-refractivity contribution in [3.8, 4) is 5.75 Å². The fourth-order valence-corrected chi connectivity index (χ4v) is 2.36. The van der Waals surface area contributed by atoms with E-state index in [4.69, 9.17) is 15.2 Å². The lowest BCUT2D eigenvalue weighted by Crippen LogP contribution is -2.30. The quantitative estimate of drug-likeness (QED) is 0.734. The number of rotatable bonds is 7. The minimum absolute atomic E-state index is 0.0395. The number of ether oxygens (including phenoxy) is 2. The van der Waals surface area contributed by atoms with Crippen LogP contribution >= 0.6 is 0 Å². The van der Waals surface area contributed by atoms with Gasteiger partial charge in [-0.25, -0.2) is 0 Å². The molecule has 0 saturated carbocycles. The summed E-state index contributed by atoms with van der Waals surface area (Å²) in [6.07, 6.45) is 2.77. The summed E-state index contributed by atoms with van der Waals surface area (Å²) in [6.45, 7) is 1.29. The largest absolute Gasteiger partial charge is 0.484 e. The van der Waals surface area contributed by atoms with E-state index in [0.717, 1.165) is 25.0 Å². The number of nitrogens with one attached hydrogen (secondary N) is 1. The van der Waals surface area contributed by atoms with Crippen LogP contribution in [0.1, 0.15) is 30.0 Å². The van der Waals surface area contributed by atoms with Crippen LogP contribution in [0.2, 0.25) is 0 Å². The Balaban J connectivity index is 1.75. The van der Waals surface area contributed by atoms with Crippen LogP contribution in [0.5, 0.6) is 5.75 Å². The summed E-state index contributed by atoms with van der Waals surface area (Å²) >= 11 is 0. The maximum absolute atomic E-state index is 11.6. The minimum Gasteiger partial charge on any atom is -0.484 e. The second-order valence-electron chi connectivity index (χ2n) is 4.99. The van der Waals surface area contributed by atoms with Gasteiger partial charge in [0.25, 0.3) is 5.91 Å². The Kier molecular flexibility index (Phi) is 5.38. The predicted octanol–water partition coefficient (Wildman–Crippen LogP) is 1.16. The summed E-state index contributed by atoms with van der Waals surface area (Å²) in [5, 5.41) is 2.78. The number of nitrogens with two attached hydrogens (primary N) is 1. The van der Waals surface area contributed by atoms with E-state index < -0.39 is 0 Å². The van der Waals surface area contributed by atoms with Crippen molar-refractivity contribution in [2.75, 3.05) is 26.9 Å². The van der Waals surface area contributed by atoms with Crippen molar-refractivity contribution < 1.29 is 14.3 Å². The van der Waals surface area contributed by atoms with Crippen LogP contribution in [0.25, 0.3) is 0 Å². The average Bonchev–Trinajstić information content (AvgIpc) is 2.82. The van der Waals surface area contributed by atoms with Gasteiger partial charge in [0.15, 0.2) is 6.61 Å². The third kappa shape index (κ3) is 3.95. The molecule has 0 aliphatic heterocycles. The molecule has 0 bridgehead atoms. The SMILES string of the molecule is COCCCNC(=O)COc1ccc2c(c1)CC[C@@H]2N. The number of aryl methyl sites for hydroxylation is 1. The molecule has 0 radical (unpaired) electrons. The number of amides is 1. The van der Waals surface area contributed by atoms with Crippen molar-refractivity contribution in [3.05, 3.63) is 29.3 Å². The molecule has 5 nitrogen and oxygen atoms in total. The highest BCUT2D eigenvalue weighted by Gasteiger charge is 2.19. The van der Waals surface area contributed by atoms with Crippen molar-refractivity contribution in [1.29, 1.82) is 0 Å². The van der Waals surface area contributed by atoms with Crippen molar-refractivity contribution in [3.63, 3.8) is 0 Å². The first-order valence-electron chi connectivity index (χ1n) is 6.97. The van der Waals surface area contributed by atoms with E-state index in [9.17, 15) is 4.79 Å². The first-order valence-corrected chi connectivity index (χ1v) is 6.97. The van der Waals surface area contributed by atoms with Gasteiger partial charge in [-0.3, -0.25) is 4.79 Å². The lowest BCUT2D eigenvalue weighted by atomic mass is 10.1. The van der Waals surface area contributed by atoms with E-state index >= 15 is 0 Å². The molecular weight excluding hydrogens is 256 g/mol. The van der Waals surface area contributed by atoms with Gasteiger partial charge in [-0.15, -0.1) is 0 Å². The fourth-order valence-electron chi connectivity index (χ4n) is 2.36. The number of benzene rings is 1. The molecular formula is C15H22N2O3. The summed E-state index contributed by atoms with van der Waals surface area (Å²) < 4.78 is 10.4. The molecule has 110 valence electrons. The summed E-state index contributed by atoms with van der Waals surface area (Å²) in [7, 11) is 1.64. The molecule has 1 aliphatic carbocycles. The number of methoxy groups -OCH3 is 1. The van der Waals surface area contributed by atoms with Crippen LogP contribution < -0.4 is 15.8 Å². The molecule has 1 aromatic rings. The Labute approximate surface area is 119 Å². The molecule has 1 atom stereocenters. The van der Waals surface area contributed by atoms with Gasteiger partial charge in [-0.2, -0.15) is 0 Å². The van der Waals surface area contributed by atoms with Crippen LogP contribution in [-0.2, 0) is 16.0 Å². The van der Waals surface area contributed by atoms with Crippen LogP contribution in [0, 0.1) is 0 Å². The third-order valence-electron chi connectivity index (χ3n) is 3.46. The highest BCUT2D eigenvalue weighted by atomic mass is 16.5. The van der Waals surface area contributed by atoms with Gasteiger partial charge in [0.2, 0.25) is 0 Å². The molecule has 1 aromatic carbocycles. The van der Waals surface area contributed by atoms with Gasteiger partial charge in [0, 0.05) is 26.3 Å². The summed E-state index contributed by atoms with van der Waals surface area (Å²) in [5.41, 5.74) is 8.41. The summed E-state index contributed by atoms with van der Waals surface area (Å²) in [5.74, 6) is 0.614. The minimum atomic E-state index is -0.113. The Bertz CT molecular complexity index is 462. The second-order valence-corrected chi connectivity index (χ2v) is 4.99. The molecule has 0 spiro atoms. The molecule has 2 rings (SSSR count). The van der Waals surface area contributed by atoms with Gasteiger partial charge in [-0.1, -0.05) is 6.07 Å². The van der Waals surface area contributed by atoms with Crippen molar-refractivity contribution in [2.45, 2.75) is 25.3 Å². The van der Waals surface area contributed by atoms with Gasteiger partial charge < -0.3 is 20.5 Å². The zero-order valence-corrected chi connectivity index (χ0v) is 11.9. The maximum Gasteiger partial charge on any atom is 0.257 e. The Morgan fingerprint density at radius 3 is 3.15 bits per heavy atom. The highest BCUT2D eigenvalue weighted by molar-refractivity contribution is 5.77. The maximum atomic E-state index is 11.6. The van der Waals surface area contributed by atoms with Crippen LogP contribution in [-0.4, -0.2) is 32.8 Å². The van der Waals surface area contributed by atoms with E-state index in [-0.39, 0.29) is 18.6 Å². The van der Waals surface area contributed by atoms with Crippen LogP contribution in [0.4, 0.5) is 0 Å². The van der Waals surface area contributed by atoms with E-state index in [1.807, 2.05) is 18.2 Å². The zero-order chi connectivity index (χ0) is 14.4. The zero-order valence-electron chi connectivity index (χ0n) is 11.9. The molecule has 0 unspecified atom stereocenters. The van der Waals surface area contributed by atoms with Gasteiger partial charge >= 0.3 is 0 Å². The van der Waals surface area contributed by atoms with Gasteiger partial charge in [-0.05, 0) is 42.5 Å². The number of hydrogen-bond acceptors (Lipinski definition) is 4. The Hall–Kier alpha value is -1.59. The molecule has 0 heterocycles. The van der Waals surface area contributed by atoms with Crippen molar-refractivity contribution >= 4 is 5.91 Å². The molecule has 0 saturated heterocycles. The number of fused-ring (bicyclic) bond motifs is 1. The number of carbonyl (C=O) groups is 1. The van der Waals surface area contributed by atoms with E-state index in [2.05, 4.69) is 5.32 Å². The first-order chi connectivity index (χ1) is 9.70. The lowest BCUT2D eigenvalue weighted by molar-refractivity contribution is -0.123. The predicted molar refractivity (Wildman–Crippen MR) is 76.7 cm³/mol. The van der Waals surface area contributed by atoms with Crippen molar-refractivity contribution in [1.82, 2.24) is 5.32 Å². The van der Waals surface area contributed by atoms with Gasteiger partial charge in [0.1, 0.15) is 5.75 Å².